The minimum absolute atomic E-state index is 0.0685. The standard InChI is InChI=1S/C15H24BrNO3/c1-14(2,3)17-9-15(4,18)10-7-8-11(19-5)12(16)13(10)20-6/h7-8,17-18H,9H2,1-6H3. The van der Waals surface area contributed by atoms with Crippen LogP contribution in [0.5, 0.6) is 11.5 Å². The first kappa shape index (κ1) is 17.3. The number of rotatable bonds is 5. The smallest absolute Gasteiger partial charge is 0.142 e. The second-order valence-corrected chi connectivity index (χ2v) is 6.83. The molecule has 0 heterocycles. The van der Waals surface area contributed by atoms with Gasteiger partial charge in [-0.3, -0.25) is 0 Å². The summed E-state index contributed by atoms with van der Waals surface area (Å²) in [6, 6.07) is 3.64. The Morgan fingerprint density at radius 3 is 2.20 bits per heavy atom. The third kappa shape index (κ3) is 4.11. The van der Waals surface area contributed by atoms with E-state index in [9.17, 15) is 5.11 Å². The van der Waals surface area contributed by atoms with Crippen LogP contribution in [0.15, 0.2) is 16.6 Å². The second kappa shape index (κ2) is 6.33. The molecule has 1 aromatic rings. The van der Waals surface area contributed by atoms with Crippen LogP contribution in [-0.4, -0.2) is 31.4 Å². The molecule has 1 atom stereocenters. The molecular formula is C15H24BrNO3. The molecule has 114 valence electrons. The number of aliphatic hydroxyl groups is 1. The van der Waals surface area contributed by atoms with Crippen LogP contribution < -0.4 is 14.8 Å². The Labute approximate surface area is 129 Å². The molecule has 0 aromatic heterocycles. The van der Waals surface area contributed by atoms with Crippen LogP contribution in [-0.2, 0) is 5.60 Å². The van der Waals surface area contributed by atoms with E-state index in [-0.39, 0.29) is 5.54 Å². The molecule has 0 aliphatic heterocycles. The third-order valence-corrected chi connectivity index (χ3v) is 3.78. The summed E-state index contributed by atoms with van der Waals surface area (Å²) >= 11 is 3.45. The Morgan fingerprint density at radius 1 is 1.15 bits per heavy atom. The Morgan fingerprint density at radius 2 is 1.75 bits per heavy atom. The molecular weight excluding hydrogens is 322 g/mol. The van der Waals surface area contributed by atoms with E-state index in [1.165, 1.54) is 0 Å². The van der Waals surface area contributed by atoms with E-state index in [1.807, 2.05) is 12.1 Å². The van der Waals surface area contributed by atoms with Crippen molar-refractivity contribution in [2.75, 3.05) is 20.8 Å². The molecule has 5 heteroatoms. The highest BCUT2D eigenvalue weighted by Crippen LogP contribution is 2.41. The van der Waals surface area contributed by atoms with E-state index in [2.05, 4.69) is 42.0 Å². The number of halogens is 1. The minimum atomic E-state index is -1.05. The predicted octanol–water partition coefficient (Wildman–Crippen LogP) is 3.06. The zero-order chi connectivity index (χ0) is 15.6. The van der Waals surface area contributed by atoms with Crippen LogP contribution in [0, 0.1) is 0 Å². The number of benzene rings is 1. The first-order chi connectivity index (χ1) is 9.12. The minimum Gasteiger partial charge on any atom is -0.495 e. The van der Waals surface area contributed by atoms with E-state index < -0.39 is 5.60 Å². The average molecular weight is 346 g/mol. The van der Waals surface area contributed by atoms with Gasteiger partial charge in [0.05, 0.1) is 14.2 Å². The molecule has 0 saturated heterocycles. The molecule has 0 saturated carbocycles. The zero-order valence-electron chi connectivity index (χ0n) is 13.0. The highest BCUT2D eigenvalue weighted by atomic mass is 79.9. The van der Waals surface area contributed by atoms with Crippen molar-refractivity contribution in [2.24, 2.45) is 0 Å². The molecule has 1 rings (SSSR count). The van der Waals surface area contributed by atoms with Gasteiger partial charge < -0.3 is 19.9 Å². The number of β-amino-alcohol motifs (C(OH)–C–C–N with tert-alkyl or cyclic N) is 1. The molecule has 0 spiro atoms. The molecule has 1 unspecified atom stereocenters. The molecule has 0 radical (unpaired) electrons. The zero-order valence-corrected chi connectivity index (χ0v) is 14.6. The molecule has 0 aliphatic carbocycles. The normalized spacial score (nSPS) is 14.8. The Hall–Kier alpha value is -0.780. The SMILES string of the molecule is COc1ccc(C(C)(O)CNC(C)(C)C)c(OC)c1Br. The van der Waals surface area contributed by atoms with E-state index in [4.69, 9.17) is 9.47 Å². The summed E-state index contributed by atoms with van der Waals surface area (Å²) in [5.74, 6) is 1.26. The molecule has 0 aliphatic rings. The monoisotopic (exact) mass is 345 g/mol. The first-order valence-corrected chi connectivity index (χ1v) is 7.30. The summed E-state index contributed by atoms with van der Waals surface area (Å²) in [7, 11) is 3.18. The van der Waals surface area contributed by atoms with Crippen molar-refractivity contribution in [1.29, 1.82) is 0 Å². The molecule has 2 N–H and O–H groups in total. The summed E-state index contributed by atoms with van der Waals surface area (Å²) in [6.07, 6.45) is 0. The summed E-state index contributed by atoms with van der Waals surface area (Å²) < 4.78 is 11.4. The topological polar surface area (TPSA) is 50.7 Å². The quantitative estimate of drug-likeness (QED) is 0.860. The molecule has 4 nitrogen and oxygen atoms in total. The molecule has 1 aromatic carbocycles. The van der Waals surface area contributed by atoms with Crippen LogP contribution in [0.3, 0.4) is 0 Å². The lowest BCUT2D eigenvalue weighted by atomic mass is 9.93. The van der Waals surface area contributed by atoms with E-state index in [0.717, 1.165) is 0 Å². The van der Waals surface area contributed by atoms with Crippen molar-refractivity contribution in [3.8, 4) is 11.5 Å². The first-order valence-electron chi connectivity index (χ1n) is 6.51. The van der Waals surface area contributed by atoms with Gasteiger partial charge in [-0.15, -0.1) is 0 Å². The van der Waals surface area contributed by atoms with Gasteiger partial charge in [0.15, 0.2) is 0 Å². The lowest BCUT2D eigenvalue weighted by Crippen LogP contribution is -2.44. The van der Waals surface area contributed by atoms with Crippen LogP contribution >= 0.6 is 15.9 Å². The number of ether oxygens (including phenoxy) is 2. The highest BCUT2D eigenvalue weighted by molar-refractivity contribution is 9.10. The van der Waals surface area contributed by atoms with Crippen LogP contribution in [0.2, 0.25) is 0 Å². The third-order valence-electron chi connectivity index (χ3n) is 3.03. The Bertz CT molecular complexity index is 467. The second-order valence-electron chi connectivity index (χ2n) is 6.04. The van der Waals surface area contributed by atoms with Gasteiger partial charge in [0.2, 0.25) is 0 Å². The molecule has 0 fully saturated rings. The Balaban J connectivity index is 3.14. The van der Waals surface area contributed by atoms with E-state index in [1.54, 1.807) is 21.1 Å². The summed E-state index contributed by atoms with van der Waals surface area (Å²) in [4.78, 5) is 0. The average Bonchev–Trinajstić information content (AvgIpc) is 2.35. The van der Waals surface area contributed by atoms with Gasteiger partial charge in [0.1, 0.15) is 21.6 Å². The molecule has 0 amide bonds. The van der Waals surface area contributed by atoms with Crippen molar-refractivity contribution in [3.05, 3.63) is 22.2 Å². The summed E-state index contributed by atoms with van der Waals surface area (Å²) in [5.41, 5.74) is -0.404. The van der Waals surface area contributed by atoms with Crippen molar-refractivity contribution >= 4 is 15.9 Å². The fraction of sp³-hybridized carbons (Fsp3) is 0.600. The van der Waals surface area contributed by atoms with Crippen LogP contribution in [0.4, 0.5) is 0 Å². The van der Waals surface area contributed by atoms with Gasteiger partial charge in [0.25, 0.3) is 0 Å². The van der Waals surface area contributed by atoms with Gasteiger partial charge in [-0.05, 0) is 55.8 Å². The van der Waals surface area contributed by atoms with E-state index in [0.29, 0.717) is 28.1 Å². The molecule has 0 bridgehead atoms. The number of nitrogens with one attached hydrogen (secondary N) is 1. The number of methoxy groups -OCH3 is 2. The van der Waals surface area contributed by atoms with Crippen LogP contribution in [0.1, 0.15) is 33.3 Å². The fourth-order valence-corrected chi connectivity index (χ4v) is 2.52. The lowest BCUT2D eigenvalue weighted by Gasteiger charge is -2.31. The van der Waals surface area contributed by atoms with Crippen LogP contribution in [0.25, 0.3) is 0 Å². The molecule has 20 heavy (non-hydrogen) atoms. The van der Waals surface area contributed by atoms with Gasteiger partial charge >= 0.3 is 0 Å². The van der Waals surface area contributed by atoms with Crippen molar-refractivity contribution in [1.82, 2.24) is 5.32 Å². The van der Waals surface area contributed by atoms with E-state index >= 15 is 0 Å². The summed E-state index contributed by atoms with van der Waals surface area (Å²) in [6.45, 7) is 8.37. The van der Waals surface area contributed by atoms with Gasteiger partial charge in [-0.2, -0.15) is 0 Å². The van der Waals surface area contributed by atoms with Gasteiger partial charge in [-0.1, -0.05) is 0 Å². The fourth-order valence-electron chi connectivity index (χ4n) is 1.85. The summed E-state index contributed by atoms with van der Waals surface area (Å²) in [5, 5.41) is 14.1. The predicted molar refractivity (Wildman–Crippen MR) is 84.6 cm³/mol. The maximum Gasteiger partial charge on any atom is 0.142 e. The van der Waals surface area contributed by atoms with Gasteiger partial charge in [0, 0.05) is 17.6 Å². The maximum atomic E-state index is 10.7. The van der Waals surface area contributed by atoms with Crippen molar-refractivity contribution < 1.29 is 14.6 Å². The number of hydrogen-bond donors (Lipinski definition) is 2. The number of hydrogen-bond acceptors (Lipinski definition) is 4. The maximum absolute atomic E-state index is 10.7. The Kier molecular flexibility index (Phi) is 5.46. The largest absolute Gasteiger partial charge is 0.495 e. The van der Waals surface area contributed by atoms with Crippen molar-refractivity contribution in [3.63, 3.8) is 0 Å². The highest BCUT2D eigenvalue weighted by Gasteiger charge is 2.30. The lowest BCUT2D eigenvalue weighted by molar-refractivity contribution is 0.0475. The van der Waals surface area contributed by atoms with Gasteiger partial charge in [-0.25, -0.2) is 0 Å². The van der Waals surface area contributed by atoms with Crippen molar-refractivity contribution in [2.45, 2.75) is 38.8 Å².